The molecule has 2 heterocycles. The molecule has 206 valence electrons. The number of quaternary nitrogens is 1. The highest BCUT2D eigenvalue weighted by Gasteiger charge is 2.49. The molecule has 1 fully saturated rings. The minimum atomic E-state index is -1.02. The van der Waals surface area contributed by atoms with E-state index in [1.807, 2.05) is 52.0 Å². The summed E-state index contributed by atoms with van der Waals surface area (Å²) in [6.45, 7) is 10.3. The van der Waals surface area contributed by atoms with Crippen molar-refractivity contribution >= 4 is 17.7 Å². The Labute approximate surface area is 228 Å². The van der Waals surface area contributed by atoms with E-state index in [-0.39, 0.29) is 22.2 Å². The van der Waals surface area contributed by atoms with Gasteiger partial charge in [0.15, 0.2) is 0 Å². The van der Waals surface area contributed by atoms with E-state index < -0.39 is 11.6 Å². The highest BCUT2D eigenvalue weighted by atomic mass is 19.1. The Morgan fingerprint density at radius 2 is 1.77 bits per heavy atom. The summed E-state index contributed by atoms with van der Waals surface area (Å²) in [7, 11) is 1.70. The van der Waals surface area contributed by atoms with Crippen LogP contribution in [0, 0.1) is 5.82 Å². The van der Waals surface area contributed by atoms with Crippen molar-refractivity contribution in [1.82, 2.24) is 9.88 Å². The van der Waals surface area contributed by atoms with E-state index in [1.165, 1.54) is 30.5 Å². The van der Waals surface area contributed by atoms with Gasteiger partial charge in [0.2, 0.25) is 5.88 Å². The fourth-order valence-corrected chi connectivity index (χ4v) is 5.39. The van der Waals surface area contributed by atoms with Crippen molar-refractivity contribution in [2.24, 2.45) is 0 Å². The summed E-state index contributed by atoms with van der Waals surface area (Å²) < 4.78 is 18.6. The van der Waals surface area contributed by atoms with Gasteiger partial charge in [0.05, 0.1) is 24.2 Å². The predicted octanol–water partition coefficient (Wildman–Crippen LogP) is 4.45. The SMILES string of the molecule is C[C@H]1CN(Cc2ccc(N(C)C(=O)c3ccc(Oc4ccc(F)cc4)nc3)cc2)CC[N+]1(C(=O)[O-])C(C)(C)C. The van der Waals surface area contributed by atoms with Crippen LogP contribution < -0.4 is 14.7 Å². The summed E-state index contributed by atoms with van der Waals surface area (Å²) in [5, 5.41) is 12.1. The van der Waals surface area contributed by atoms with Gasteiger partial charge < -0.3 is 19.5 Å². The second-order valence-electron chi connectivity index (χ2n) is 11.1. The van der Waals surface area contributed by atoms with Crippen molar-refractivity contribution in [2.75, 3.05) is 31.6 Å². The number of piperazine rings is 1. The van der Waals surface area contributed by atoms with Crippen LogP contribution in [0.25, 0.3) is 0 Å². The van der Waals surface area contributed by atoms with Crippen LogP contribution in [0.5, 0.6) is 11.6 Å². The van der Waals surface area contributed by atoms with Crippen molar-refractivity contribution in [1.29, 1.82) is 0 Å². The van der Waals surface area contributed by atoms with Crippen LogP contribution in [0.1, 0.15) is 43.6 Å². The van der Waals surface area contributed by atoms with Crippen LogP contribution in [-0.4, -0.2) is 64.6 Å². The van der Waals surface area contributed by atoms with Crippen molar-refractivity contribution in [3.05, 3.63) is 83.8 Å². The summed E-state index contributed by atoms with van der Waals surface area (Å²) >= 11 is 0. The molecule has 2 aromatic carbocycles. The molecule has 2 atom stereocenters. The van der Waals surface area contributed by atoms with Crippen LogP contribution in [-0.2, 0) is 6.54 Å². The molecule has 0 bridgehead atoms. The minimum absolute atomic E-state index is 0.0520. The molecule has 3 aromatic rings. The molecule has 1 aromatic heterocycles. The van der Waals surface area contributed by atoms with Gasteiger partial charge in [-0.25, -0.2) is 9.37 Å². The molecular weight excluding hydrogens is 499 g/mol. The number of ether oxygens (including phenoxy) is 1. The molecule has 1 aliphatic rings. The molecule has 39 heavy (non-hydrogen) atoms. The van der Waals surface area contributed by atoms with Crippen LogP contribution in [0.2, 0.25) is 0 Å². The Balaban J connectivity index is 1.36. The highest BCUT2D eigenvalue weighted by molar-refractivity contribution is 6.05. The molecule has 1 unspecified atom stereocenters. The lowest BCUT2D eigenvalue weighted by Gasteiger charge is -2.55. The quantitative estimate of drug-likeness (QED) is 0.435. The maximum atomic E-state index is 13.1. The summed E-state index contributed by atoms with van der Waals surface area (Å²) in [6.07, 6.45) is 0.434. The number of pyridine rings is 1. The van der Waals surface area contributed by atoms with Crippen molar-refractivity contribution in [3.8, 4) is 11.6 Å². The topological polar surface area (TPSA) is 85.8 Å². The summed E-state index contributed by atoms with van der Waals surface area (Å²) in [6, 6.07) is 16.5. The Kier molecular flexibility index (Phi) is 8.04. The Hall–Kier alpha value is -3.82. The van der Waals surface area contributed by atoms with Gasteiger partial charge >= 0.3 is 0 Å². The number of hydrogen-bond donors (Lipinski definition) is 0. The van der Waals surface area contributed by atoms with Gasteiger partial charge in [0, 0.05) is 38.1 Å². The number of rotatable bonds is 6. The van der Waals surface area contributed by atoms with Gasteiger partial charge in [-0.05, 0) is 75.7 Å². The van der Waals surface area contributed by atoms with Gasteiger partial charge in [-0.1, -0.05) is 12.1 Å². The summed E-state index contributed by atoms with van der Waals surface area (Å²) in [5.41, 5.74) is 1.78. The molecule has 1 saturated heterocycles. The van der Waals surface area contributed by atoms with Gasteiger partial charge in [-0.15, -0.1) is 0 Å². The van der Waals surface area contributed by atoms with E-state index in [9.17, 15) is 19.1 Å². The minimum Gasteiger partial charge on any atom is -0.498 e. The number of benzene rings is 2. The average molecular weight is 535 g/mol. The Morgan fingerprint density at radius 3 is 2.31 bits per heavy atom. The molecule has 0 aliphatic carbocycles. The van der Waals surface area contributed by atoms with Crippen molar-refractivity contribution < 1.29 is 28.3 Å². The molecule has 0 saturated carbocycles. The van der Waals surface area contributed by atoms with Crippen LogP contribution in [0.3, 0.4) is 0 Å². The third kappa shape index (κ3) is 5.94. The Morgan fingerprint density at radius 1 is 1.10 bits per heavy atom. The van der Waals surface area contributed by atoms with E-state index >= 15 is 0 Å². The van der Waals surface area contributed by atoms with Gasteiger partial charge in [0.1, 0.15) is 17.6 Å². The van der Waals surface area contributed by atoms with Crippen molar-refractivity contribution in [3.63, 3.8) is 0 Å². The first-order valence-electron chi connectivity index (χ1n) is 13.0. The number of carboxylic acid groups (broad SMARTS) is 1. The second kappa shape index (κ2) is 11.1. The smallest absolute Gasteiger partial charge is 0.259 e. The zero-order valence-corrected chi connectivity index (χ0v) is 23.1. The number of hydrogen-bond acceptors (Lipinski definition) is 6. The lowest BCUT2D eigenvalue weighted by molar-refractivity contribution is -0.943. The fraction of sp³-hybridized carbons (Fsp3) is 0.367. The molecule has 8 nitrogen and oxygen atoms in total. The number of aromatic nitrogens is 1. The van der Waals surface area contributed by atoms with E-state index in [0.717, 1.165) is 11.3 Å². The maximum Gasteiger partial charge on any atom is 0.259 e. The molecule has 9 heteroatoms. The zero-order chi connectivity index (χ0) is 28.4. The lowest BCUT2D eigenvalue weighted by Crippen LogP contribution is -2.76. The van der Waals surface area contributed by atoms with Crippen LogP contribution in [0.4, 0.5) is 14.9 Å². The van der Waals surface area contributed by atoms with Crippen LogP contribution in [0.15, 0.2) is 66.9 Å². The molecular formula is C30H35FN4O4. The lowest BCUT2D eigenvalue weighted by atomic mass is 9.95. The first-order valence-corrected chi connectivity index (χ1v) is 13.0. The highest BCUT2D eigenvalue weighted by Crippen LogP contribution is 2.32. The normalized spacial score (nSPS) is 19.9. The summed E-state index contributed by atoms with van der Waals surface area (Å²) in [4.78, 5) is 33.2. The standard InChI is InChI=1S/C30H35FN4O4/c1-21-19-34(16-17-35(21,29(37)38)30(2,3)4)20-22-6-11-25(12-7-22)33(5)28(36)23-8-15-27(32-18-23)39-26-13-9-24(31)10-14-26/h6-15,18,21H,16-17,19-20H2,1-5H3/t21-,35?/m0/s1. The maximum absolute atomic E-state index is 13.1. The molecule has 1 aliphatic heterocycles. The molecule has 0 radical (unpaired) electrons. The molecule has 0 spiro atoms. The third-order valence-corrected chi connectivity index (χ3v) is 7.62. The third-order valence-electron chi connectivity index (χ3n) is 7.62. The van der Waals surface area contributed by atoms with Crippen LogP contribution >= 0.6 is 0 Å². The average Bonchev–Trinajstić information content (AvgIpc) is 2.89. The number of anilines is 1. The number of nitrogens with zero attached hydrogens (tertiary/aromatic N) is 4. The fourth-order valence-electron chi connectivity index (χ4n) is 5.39. The van der Waals surface area contributed by atoms with Gasteiger partial charge in [-0.2, -0.15) is 0 Å². The predicted molar refractivity (Wildman–Crippen MR) is 145 cm³/mol. The zero-order valence-electron chi connectivity index (χ0n) is 23.1. The van der Waals surface area contributed by atoms with E-state index in [2.05, 4.69) is 9.88 Å². The summed E-state index contributed by atoms with van der Waals surface area (Å²) in [5.74, 6) is 0.182. The van der Waals surface area contributed by atoms with Gasteiger partial charge in [-0.3, -0.25) is 14.2 Å². The number of halogens is 1. The molecule has 0 N–H and O–H groups in total. The second-order valence-corrected chi connectivity index (χ2v) is 11.1. The Bertz CT molecular complexity index is 1310. The molecule has 4 rings (SSSR count). The monoisotopic (exact) mass is 534 g/mol. The van der Waals surface area contributed by atoms with E-state index in [0.29, 0.717) is 43.4 Å². The number of amides is 2. The first-order chi connectivity index (χ1) is 18.4. The van der Waals surface area contributed by atoms with Crippen molar-refractivity contribution in [2.45, 2.75) is 45.8 Å². The molecule has 2 amide bonds. The largest absolute Gasteiger partial charge is 0.498 e. The van der Waals surface area contributed by atoms with E-state index in [4.69, 9.17) is 4.74 Å². The van der Waals surface area contributed by atoms with E-state index in [1.54, 1.807) is 24.1 Å². The number of carbonyl (C=O) groups is 2. The first kappa shape index (κ1) is 28.2. The number of carbonyl (C=O) groups excluding carboxylic acids is 2. The van der Waals surface area contributed by atoms with Gasteiger partial charge in [0.25, 0.3) is 12.0 Å².